The van der Waals surface area contributed by atoms with Crippen LogP contribution in [0, 0.1) is 5.92 Å². The van der Waals surface area contributed by atoms with E-state index >= 15 is 0 Å². The van der Waals surface area contributed by atoms with E-state index in [1.54, 1.807) is 18.2 Å². The summed E-state index contributed by atoms with van der Waals surface area (Å²) in [7, 11) is 0. The van der Waals surface area contributed by atoms with Gasteiger partial charge in [0.2, 0.25) is 0 Å². The first-order valence-electron chi connectivity index (χ1n) is 14.0. The minimum absolute atomic E-state index is 0.00845. The molecule has 2 aliphatic rings. The van der Waals surface area contributed by atoms with Crippen LogP contribution in [0.15, 0.2) is 66.7 Å². The largest absolute Gasteiger partial charge is 0.508 e. The molecule has 5 rings (SSSR count). The van der Waals surface area contributed by atoms with Crippen LogP contribution in [0.4, 0.5) is 0 Å². The lowest BCUT2D eigenvalue weighted by Gasteiger charge is -2.31. The molecule has 0 aliphatic carbocycles. The third kappa shape index (κ3) is 6.28. The Morgan fingerprint density at radius 2 is 1.77 bits per heavy atom. The highest BCUT2D eigenvalue weighted by atomic mass is 16.5. The fourth-order valence-electron chi connectivity index (χ4n) is 5.47. The molecule has 7 nitrogen and oxygen atoms in total. The minimum atomic E-state index is -0.951. The van der Waals surface area contributed by atoms with E-state index in [0.29, 0.717) is 24.1 Å². The number of phenolic OH excluding ortho intramolecular Hbond substituents is 1. The summed E-state index contributed by atoms with van der Waals surface area (Å²) in [5.41, 5.74) is 4.66. The molecule has 1 saturated heterocycles. The van der Waals surface area contributed by atoms with Crippen molar-refractivity contribution in [3.8, 4) is 23.0 Å². The van der Waals surface area contributed by atoms with E-state index in [1.807, 2.05) is 55.5 Å². The molecule has 0 bridgehead atoms. The average Bonchev–Trinajstić information content (AvgIpc) is 3.41. The third-order valence-corrected chi connectivity index (χ3v) is 7.83. The van der Waals surface area contributed by atoms with Gasteiger partial charge >= 0.3 is 0 Å². The number of hydrogen-bond donors (Lipinski definition) is 3. The van der Waals surface area contributed by atoms with Gasteiger partial charge in [-0.25, -0.2) is 0 Å². The highest BCUT2D eigenvalue weighted by molar-refractivity contribution is 5.95. The molecule has 2 aliphatic heterocycles. The zero-order valence-corrected chi connectivity index (χ0v) is 23.4. The van der Waals surface area contributed by atoms with Crippen LogP contribution in [-0.2, 0) is 0 Å². The third-order valence-electron chi connectivity index (χ3n) is 7.83. The summed E-state index contributed by atoms with van der Waals surface area (Å²) in [5.74, 6) is 3.03. The molecule has 4 atom stereocenters. The van der Waals surface area contributed by atoms with Gasteiger partial charge in [-0.1, -0.05) is 31.2 Å². The molecule has 0 spiro atoms. The van der Waals surface area contributed by atoms with Crippen LogP contribution in [0.5, 0.6) is 23.0 Å². The molecule has 2 heterocycles. The number of aliphatic hydroxyl groups excluding tert-OH is 2. The summed E-state index contributed by atoms with van der Waals surface area (Å²) in [6, 6.07) is 21.2. The number of likely N-dealkylation sites (tertiary alicyclic amines) is 1. The molecular weight excluding hydrogens is 506 g/mol. The maximum atomic E-state index is 10.2. The molecule has 2 unspecified atom stereocenters. The van der Waals surface area contributed by atoms with Gasteiger partial charge in [0.1, 0.15) is 48.4 Å². The summed E-state index contributed by atoms with van der Waals surface area (Å²) in [5, 5.41) is 29.0. The number of nitrogens with zero attached hydrogens (tertiary/aromatic N) is 1. The zero-order valence-electron chi connectivity index (χ0n) is 23.4. The first-order valence-corrected chi connectivity index (χ1v) is 14.0. The number of aromatic hydroxyl groups is 1. The van der Waals surface area contributed by atoms with E-state index < -0.39 is 12.2 Å². The number of ether oxygens (including phenoxy) is 3. The molecule has 3 aromatic rings. The van der Waals surface area contributed by atoms with Crippen molar-refractivity contribution in [1.29, 1.82) is 0 Å². The van der Waals surface area contributed by atoms with E-state index in [-0.39, 0.29) is 19.0 Å². The van der Waals surface area contributed by atoms with Crippen molar-refractivity contribution in [1.82, 2.24) is 4.90 Å². The Bertz CT molecular complexity index is 1340. The Balaban J connectivity index is 1.40. The highest BCUT2D eigenvalue weighted by Gasteiger charge is 2.30. The Morgan fingerprint density at radius 3 is 2.50 bits per heavy atom. The first-order chi connectivity index (χ1) is 19.3. The lowest BCUT2D eigenvalue weighted by atomic mass is 9.86. The van der Waals surface area contributed by atoms with Crippen LogP contribution in [0.3, 0.4) is 0 Å². The highest BCUT2D eigenvalue weighted by Crippen LogP contribution is 2.47. The second-order valence-electron chi connectivity index (χ2n) is 11.0. The molecule has 40 heavy (non-hydrogen) atoms. The molecule has 3 N–H and O–H groups in total. The summed E-state index contributed by atoms with van der Waals surface area (Å²) >= 11 is 0. The van der Waals surface area contributed by atoms with E-state index in [0.717, 1.165) is 52.6 Å². The van der Waals surface area contributed by atoms with E-state index in [2.05, 4.69) is 18.7 Å². The van der Waals surface area contributed by atoms with Crippen LogP contribution in [-0.4, -0.2) is 65.3 Å². The Labute approximate surface area is 236 Å². The number of fused-ring (bicyclic) bond motifs is 1. The van der Waals surface area contributed by atoms with Gasteiger partial charge in [0.25, 0.3) is 0 Å². The molecule has 0 aromatic heterocycles. The maximum absolute atomic E-state index is 10.2. The Kier molecular flexibility index (Phi) is 8.64. The fourth-order valence-corrected chi connectivity index (χ4v) is 5.47. The van der Waals surface area contributed by atoms with E-state index in [1.165, 1.54) is 6.42 Å². The lowest BCUT2D eigenvalue weighted by molar-refractivity contribution is 0.0536. The molecule has 0 saturated carbocycles. The molecule has 0 amide bonds. The first kappa shape index (κ1) is 28.0. The number of phenols is 1. The summed E-state index contributed by atoms with van der Waals surface area (Å²) in [6.45, 7) is 9.09. The van der Waals surface area contributed by atoms with Crippen LogP contribution >= 0.6 is 0 Å². The second-order valence-corrected chi connectivity index (χ2v) is 11.0. The van der Waals surface area contributed by atoms with Gasteiger partial charge < -0.3 is 29.5 Å². The molecule has 1 fully saturated rings. The van der Waals surface area contributed by atoms with Gasteiger partial charge in [-0.15, -0.1) is 0 Å². The Hall–Kier alpha value is -3.52. The van der Waals surface area contributed by atoms with Gasteiger partial charge in [0.05, 0.1) is 6.61 Å². The number of hydrogen-bond acceptors (Lipinski definition) is 7. The van der Waals surface area contributed by atoms with Crippen LogP contribution in [0.2, 0.25) is 0 Å². The number of aliphatic hydroxyl groups is 2. The van der Waals surface area contributed by atoms with Crippen molar-refractivity contribution in [2.45, 2.75) is 45.4 Å². The summed E-state index contributed by atoms with van der Waals surface area (Å²) in [4.78, 5) is 2.49. The molecule has 3 aromatic carbocycles. The SMILES string of the molecule is CC1=C(c2cccc(OCC(O)CO)c2)C(c2ccc(OC[C@H](C)N3CC[C@@H](C)C3)cc2)Oc2ccc(O)cc21. The summed E-state index contributed by atoms with van der Waals surface area (Å²) in [6.07, 6.45) is -0.0970. The molecule has 212 valence electrons. The molecular formula is C33H39NO6. The predicted molar refractivity (Wildman–Crippen MR) is 156 cm³/mol. The molecule has 7 heteroatoms. The number of benzene rings is 3. The fraction of sp³-hybridized carbons (Fsp3) is 0.394. The monoisotopic (exact) mass is 545 g/mol. The van der Waals surface area contributed by atoms with Crippen LogP contribution < -0.4 is 14.2 Å². The number of rotatable bonds is 10. The Morgan fingerprint density at radius 1 is 1.00 bits per heavy atom. The zero-order chi connectivity index (χ0) is 28.2. The number of allylic oxidation sites excluding steroid dienone is 1. The van der Waals surface area contributed by atoms with Crippen molar-refractivity contribution in [2.75, 3.05) is 32.9 Å². The second kappa shape index (κ2) is 12.3. The van der Waals surface area contributed by atoms with E-state index in [4.69, 9.17) is 19.3 Å². The van der Waals surface area contributed by atoms with Crippen LogP contribution in [0.1, 0.15) is 50.0 Å². The van der Waals surface area contributed by atoms with Crippen molar-refractivity contribution in [3.63, 3.8) is 0 Å². The predicted octanol–water partition coefficient (Wildman–Crippen LogP) is 5.30. The summed E-state index contributed by atoms with van der Waals surface area (Å²) < 4.78 is 18.4. The quantitative estimate of drug-likeness (QED) is 0.319. The van der Waals surface area contributed by atoms with Crippen LogP contribution in [0.25, 0.3) is 11.1 Å². The van der Waals surface area contributed by atoms with Crippen molar-refractivity contribution in [2.24, 2.45) is 5.92 Å². The van der Waals surface area contributed by atoms with E-state index in [9.17, 15) is 10.2 Å². The van der Waals surface area contributed by atoms with Crippen molar-refractivity contribution in [3.05, 3.63) is 83.4 Å². The van der Waals surface area contributed by atoms with Gasteiger partial charge in [-0.05, 0) is 91.9 Å². The van der Waals surface area contributed by atoms with Gasteiger partial charge in [-0.2, -0.15) is 0 Å². The maximum Gasteiger partial charge on any atom is 0.150 e. The van der Waals surface area contributed by atoms with Gasteiger partial charge in [0.15, 0.2) is 0 Å². The smallest absolute Gasteiger partial charge is 0.150 e. The van der Waals surface area contributed by atoms with Crippen molar-refractivity contribution < 1.29 is 29.5 Å². The van der Waals surface area contributed by atoms with Gasteiger partial charge in [-0.3, -0.25) is 4.90 Å². The average molecular weight is 546 g/mol. The minimum Gasteiger partial charge on any atom is -0.508 e. The normalized spacial score (nSPS) is 20.5. The standard InChI is InChI=1S/C33H39NO6/c1-21-13-14-34(17-21)22(2)19-38-28-10-7-24(8-11-28)33-32(23(3)30-16-26(36)9-12-31(30)40-33)25-5-4-6-29(15-25)39-20-27(37)18-35/h4-12,15-16,21-22,27,33,35-37H,13-14,17-20H2,1-3H3/t21-,22+,27?,33?/m1/s1. The lowest BCUT2D eigenvalue weighted by Crippen LogP contribution is -2.35. The molecule has 0 radical (unpaired) electrons. The topological polar surface area (TPSA) is 91.6 Å². The van der Waals surface area contributed by atoms with Crippen molar-refractivity contribution >= 4 is 11.1 Å². The van der Waals surface area contributed by atoms with Gasteiger partial charge in [0, 0.05) is 23.7 Å².